The normalized spacial score (nSPS) is 13.4. The summed E-state index contributed by atoms with van der Waals surface area (Å²) in [4.78, 5) is 27.8. The van der Waals surface area contributed by atoms with Gasteiger partial charge in [-0.15, -0.1) is 0 Å². The number of para-hydroxylation sites is 1. The van der Waals surface area contributed by atoms with Crippen LogP contribution in [-0.4, -0.2) is 33.1 Å². The average molecular weight is 466 g/mol. The number of nitrogens with one attached hydrogen (secondary N) is 1. The van der Waals surface area contributed by atoms with Gasteiger partial charge in [0.05, 0.1) is 32.6 Å². The smallest absolute Gasteiger partial charge is 0.282 e. The summed E-state index contributed by atoms with van der Waals surface area (Å²) in [6, 6.07) is 14.4. The van der Waals surface area contributed by atoms with E-state index in [0.717, 1.165) is 23.1 Å². The first-order valence-electron chi connectivity index (χ1n) is 10.1. The van der Waals surface area contributed by atoms with Crippen molar-refractivity contribution >= 4 is 28.8 Å². The molecule has 4 rings (SSSR count). The van der Waals surface area contributed by atoms with E-state index >= 15 is 0 Å². The topological polar surface area (TPSA) is 77.1 Å². The number of carbonyl (C=O) groups is 2. The minimum Gasteiger partial charge on any atom is -0.497 e. The maximum absolute atomic E-state index is 13.9. The van der Waals surface area contributed by atoms with Crippen LogP contribution in [0, 0.1) is 11.6 Å². The van der Waals surface area contributed by atoms with Crippen molar-refractivity contribution in [1.82, 2.24) is 0 Å². The Morgan fingerprint density at radius 3 is 2.06 bits per heavy atom. The molecule has 0 aromatic heterocycles. The Morgan fingerprint density at radius 2 is 1.44 bits per heavy atom. The lowest BCUT2D eigenvalue weighted by molar-refractivity contribution is -0.120. The van der Waals surface area contributed by atoms with Crippen molar-refractivity contribution in [3.63, 3.8) is 0 Å². The summed E-state index contributed by atoms with van der Waals surface area (Å²) in [5.74, 6) is -2.49. The molecule has 0 aliphatic carbocycles. The molecule has 1 heterocycles. The molecule has 174 valence electrons. The van der Waals surface area contributed by atoms with Gasteiger partial charge < -0.3 is 19.5 Å². The molecule has 0 spiro atoms. The quantitative estimate of drug-likeness (QED) is 0.521. The number of carbonyl (C=O) groups excluding carboxylic acids is 2. The van der Waals surface area contributed by atoms with E-state index in [1.165, 1.54) is 21.3 Å². The molecule has 3 aromatic rings. The second-order valence-electron chi connectivity index (χ2n) is 7.22. The molecule has 0 saturated heterocycles. The van der Waals surface area contributed by atoms with Crippen molar-refractivity contribution in [2.75, 3.05) is 31.5 Å². The molecular weight excluding hydrogens is 446 g/mol. The van der Waals surface area contributed by atoms with Crippen LogP contribution in [0.2, 0.25) is 0 Å². The van der Waals surface area contributed by atoms with Crippen LogP contribution in [0.15, 0.2) is 66.4 Å². The van der Waals surface area contributed by atoms with Gasteiger partial charge in [-0.2, -0.15) is 0 Å². The predicted octanol–water partition coefficient (Wildman–Crippen LogP) is 4.39. The van der Waals surface area contributed by atoms with E-state index in [1.807, 2.05) is 0 Å². The maximum atomic E-state index is 13.9. The highest BCUT2D eigenvalue weighted by molar-refractivity contribution is 6.46. The number of ether oxygens (including phenoxy) is 3. The summed E-state index contributed by atoms with van der Waals surface area (Å²) in [5, 5.41) is 2.98. The van der Waals surface area contributed by atoms with E-state index in [4.69, 9.17) is 14.2 Å². The molecule has 0 bridgehead atoms. The fourth-order valence-electron chi connectivity index (χ4n) is 3.63. The Kier molecular flexibility index (Phi) is 6.18. The summed E-state index contributed by atoms with van der Waals surface area (Å²) in [5.41, 5.74) is 0.586. The number of methoxy groups -OCH3 is 3. The zero-order chi connectivity index (χ0) is 24.4. The van der Waals surface area contributed by atoms with E-state index in [9.17, 15) is 18.4 Å². The van der Waals surface area contributed by atoms with Crippen molar-refractivity contribution in [2.24, 2.45) is 0 Å². The van der Waals surface area contributed by atoms with Crippen molar-refractivity contribution in [1.29, 1.82) is 0 Å². The number of nitrogens with zero attached hydrogens (tertiary/aromatic N) is 1. The molecule has 1 N–H and O–H groups in total. The number of benzene rings is 3. The lowest BCUT2D eigenvalue weighted by atomic mass is 10.0. The number of hydrogen-bond acceptors (Lipinski definition) is 6. The van der Waals surface area contributed by atoms with E-state index in [0.29, 0.717) is 28.5 Å². The number of halogens is 2. The van der Waals surface area contributed by atoms with Crippen LogP contribution in [0.3, 0.4) is 0 Å². The standard InChI is InChI=1S/C25H20F2N2O5/c1-32-16-10-14(11-17(13-16)33-2)28-23-22(18-6-4-5-7-21(18)34-3)24(30)29(25(23)31)15-8-9-19(26)20(27)12-15/h4-13,28H,1-3H3. The molecule has 0 atom stereocenters. The second kappa shape index (κ2) is 9.22. The van der Waals surface area contributed by atoms with Gasteiger partial charge in [-0.3, -0.25) is 9.59 Å². The molecule has 7 nitrogen and oxygen atoms in total. The summed E-state index contributed by atoms with van der Waals surface area (Å²) in [6.07, 6.45) is 0. The van der Waals surface area contributed by atoms with Crippen molar-refractivity contribution in [3.05, 3.63) is 83.6 Å². The highest BCUT2D eigenvalue weighted by Gasteiger charge is 2.41. The Hall–Kier alpha value is -4.40. The summed E-state index contributed by atoms with van der Waals surface area (Å²) in [7, 11) is 4.40. The Bertz CT molecular complexity index is 1300. The third-order valence-electron chi connectivity index (χ3n) is 5.24. The zero-order valence-corrected chi connectivity index (χ0v) is 18.5. The van der Waals surface area contributed by atoms with Crippen LogP contribution in [0.1, 0.15) is 5.56 Å². The first-order chi connectivity index (χ1) is 16.4. The van der Waals surface area contributed by atoms with Crippen molar-refractivity contribution in [2.45, 2.75) is 0 Å². The molecule has 0 radical (unpaired) electrons. The van der Waals surface area contributed by atoms with Crippen LogP contribution in [0.5, 0.6) is 17.2 Å². The number of rotatable bonds is 7. The summed E-state index contributed by atoms with van der Waals surface area (Å²) >= 11 is 0. The van der Waals surface area contributed by atoms with Crippen LogP contribution in [0.4, 0.5) is 20.2 Å². The maximum Gasteiger partial charge on any atom is 0.282 e. The monoisotopic (exact) mass is 466 g/mol. The van der Waals surface area contributed by atoms with Gasteiger partial charge in [0.25, 0.3) is 11.8 Å². The summed E-state index contributed by atoms with van der Waals surface area (Å²) in [6.45, 7) is 0. The van der Waals surface area contributed by atoms with Gasteiger partial charge in [0.15, 0.2) is 11.6 Å². The number of amides is 2. The van der Waals surface area contributed by atoms with E-state index in [2.05, 4.69) is 5.32 Å². The van der Waals surface area contributed by atoms with Crippen molar-refractivity contribution < 1.29 is 32.6 Å². The minimum absolute atomic E-state index is 0.00831. The number of imide groups is 1. The Morgan fingerprint density at radius 1 is 0.765 bits per heavy atom. The van der Waals surface area contributed by atoms with E-state index in [-0.39, 0.29) is 17.0 Å². The zero-order valence-electron chi connectivity index (χ0n) is 18.5. The SMILES string of the molecule is COc1cc(NC2=C(c3ccccc3OC)C(=O)N(c3ccc(F)c(F)c3)C2=O)cc(OC)c1. The van der Waals surface area contributed by atoms with Crippen molar-refractivity contribution in [3.8, 4) is 17.2 Å². The average Bonchev–Trinajstić information content (AvgIpc) is 3.09. The molecule has 0 saturated carbocycles. The summed E-state index contributed by atoms with van der Waals surface area (Å²) < 4.78 is 43.4. The third-order valence-corrected chi connectivity index (χ3v) is 5.24. The molecule has 1 aliphatic rings. The van der Waals surface area contributed by atoms with Gasteiger partial charge in [-0.25, -0.2) is 13.7 Å². The molecule has 34 heavy (non-hydrogen) atoms. The second-order valence-corrected chi connectivity index (χ2v) is 7.22. The highest BCUT2D eigenvalue weighted by atomic mass is 19.2. The van der Waals surface area contributed by atoms with Gasteiger partial charge >= 0.3 is 0 Å². The molecule has 3 aromatic carbocycles. The molecule has 0 fully saturated rings. The fourth-order valence-corrected chi connectivity index (χ4v) is 3.63. The lowest BCUT2D eigenvalue weighted by Crippen LogP contribution is -2.32. The van der Waals surface area contributed by atoms with Gasteiger partial charge in [-0.1, -0.05) is 18.2 Å². The Labute approximate surface area is 194 Å². The first-order valence-corrected chi connectivity index (χ1v) is 10.1. The van der Waals surface area contributed by atoms with Gasteiger partial charge in [0.1, 0.15) is 22.9 Å². The molecule has 9 heteroatoms. The highest BCUT2D eigenvalue weighted by Crippen LogP contribution is 2.38. The van der Waals surface area contributed by atoms with Gasteiger partial charge in [0.2, 0.25) is 0 Å². The van der Waals surface area contributed by atoms with Gasteiger partial charge in [-0.05, 0) is 18.2 Å². The largest absolute Gasteiger partial charge is 0.497 e. The van der Waals surface area contributed by atoms with Crippen LogP contribution >= 0.6 is 0 Å². The lowest BCUT2D eigenvalue weighted by Gasteiger charge is -2.16. The molecule has 0 unspecified atom stereocenters. The molecule has 2 amide bonds. The third kappa shape index (κ3) is 4.03. The predicted molar refractivity (Wildman–Crippen MR) is 122 cm³/mol. The van der Waals surface area contributed by atoms with E-state index in [1.54, 1.807) is 42.5 Å². The number of hydrogen-bond donors (Lipinski definition) is 1. The molecular formula is C25H20F2N2O5. The fraction of sp³-hybridized carbons (Fsp3) is 0.120. The van der Waals surface area contributed by atoms with E-state index < -0.39 is 23.4 Å². The van der Waals surface area contributed by atoms with Crippen LogP contribution in [-0.2, 0) is 9.59 Å². The van der Waals surface area contributed by atoms with Crippen LogP contribution < -0.4 is 24.4 Å². The van der Waals surface area contributed by atoms with Gasteiger partial charge in [0, 0.05) is 35.5 Å². The Balaban J connectivity index is 1.88. The minimum atomic E-state index is -1.18. The first kappa shape index (κ1) is 22.8. The molecule has 1 aliphatic heterocycles. The number of anilines is 2. The van der Waals surface area contributed by atoms with Crippen LogP contribution in [0.25, 0.3) is 5.57 Å².